The Bertz CT molecular complexity index is 327. The molecule has 0 radical (unpaired) electrons. The molecule has 1 nitrogen and oxygen atoms in total. The molecule has 0 aromatic heterocycles. The number of unbranched alkanes of at least 4 members (excludes halogenated alkanes) is 15. The fraction of sp³-hybridized carbons (Fsp3) is 1.00. The highest BCUT2D eigenvalue weighted by molar-refractivity contribution is 4.68. The average molecular weight is 512 g/mol. The highest BCUT2D eigenvalue weighted by atomic mass is 14.9. The Morgan fingerprint density at radius 1 is 0.333 bits per heavy atom. The van der Waals surface area contributed by atoms with Crippen LogP contribution in [0, 0.1) is 11.8 Å². The zero-order valence-corrected chi connectivity index (χ0v) is 27.3. The smallest absolute Gasteiger partial charge is 0.00204 e. The lowest BCUT2D eigenvalue weighted by molar-refractivity contribution is 0.342. The van der Waals surface area contributed by atoms with Gasteiger partial charge in [0.15, 0.2) is 0 Å². The van der Waals surface area contributed by atoms with E-state index in [0.29, 0.717) is 0 Å². The number of rotatable bonds is 27. The molecular formula is C35H77N. The minimum atomic E-state index is 0.920. The first-order valence-electron chi connectivity index (χ1n) is 17.5. The Morgan fingerprint density at radius 2 is 0.556 bits per heavy atom. The molecule has 0 aromatic rings. The van der Waals surface area contributed by atoms with E-state index in [1.807, 2.05) is 27.7 Å². The quantitative estimate of drug-likeness (QED) is 0.108. The van der Waals surface area contributed by atoms with Crippen LogP contribution in [0.3, 0.4) is 0 Å². The zero-order valence-electron chi connectivity index (χ0n) is 27.3. The first kappa shape index (κ1) is 40.5. The van der Waals surface area contributed by atoms with E-state index >= 15 is 0 Å². The fourth-order valence-corrected chi connectivity index (χ4v) is 5.16. The van der Waals surface area contributed by atoms with Gasteiger partial charge in [0.05, 0.1) is 0 Å². The van der Waals surface area contributed by atoms with Gasteiger partial charge in [-0.15, -0.1) is 0 Å². The number of hydrogen-bond acceptors (Lipinski definition) is 1. The third-order valence-corrected chi connectivity index (χ3v) is 7.48. The molecule has 2 unspecified atom stereocenters. The third kappa shape index (κ3) is 34.0. The van der Waals surface area contributed by atoms with Gasteiger partial charge in [-0.3, -0.25) is 0 Å². The van der Waals surface area contributed by atoms with Gasteiger partial charge in [0.1, 0.15) is 0 Å². The molecule has 0 aliphatic carbocycles. The van der Waals surface area contributed by atoms with Crippen LogP contribution in [0.1, 0.15) is 203 Å². The predicted molar refractivity (Wildman–Crippen MR) is 171 cm³/mol. The van der Waals surface area contributed by atoms with E-state index in [1.165, 1.54) is 161 Å². The molecule has 222 valence electrons. The monoisotopic (exact) mass is 512 g/mol. The second kappa shape index (κ2) is 39.5. The number of nitrogens with one attached hydrogen (secondary N) is 1. The molecule has 1 heteroatoms. The summed E-state index contributed by atoms with van der Waals surface area (Å²) >= 11 is 0. The molecule has 0 saturated heterocycles. The maximum Gasteiger partial charge on any atom is -0.00204 e. The van der Waals surface area contributed by atoms with Gasteiger partial charge in [-0.1, -0.05) is 177 Å². The van der Waals surface area contributed by atoms with Crippen LogP contribution in [-0.2, 0) is 0 Å². The molecule has 0 aromatic carbocycles. The molecule has 0 amide bonds. The zero-order chi connectivity index (χ0) is 27.5. The van der Waals surface area contributed by atoms with Crippen LogP contribution in [0.4, 0.5) is 0 Å². The Kier molecular flexibility index (Phi) is 44.4. The van der Waals surface area contributed by atoms with Crippen molar-refractivity contribution in [1.82, 2.24) is 5.32 Å². The third-order valence-electron chi connectivity index (χ3n) is 7.48. The topological polar surface area (TPSA) is 12.0 Å². The normalized spacial score (nSPS) is 12.3. The van der Waals surface area contributed by atoms with Crippen LogP contribution in [0.25, 0.3) is 0 Å². The van der Waals surface area contributed by atoms with Crippen molar-refractivity contribution in [1.29, 1.82) is 0 Å². The lowest BCUT2D eigenvalue weighted by Crippen LogP contribution is -2.28. The van der Waals surface area contributed by atoms with E-state index in [0.717, 1.165) is 11.8 Å². The summed E-state index contributed by atoms with van der Waals surface area (Å²) in [7, 11) is 0. The van der Waals surface area contributed by atoms with Gasteiger partial charge in [-0.25, -0.2) is 0 Å². The van der Waals surface area contributed by atoms with Crippen LogP contribution in [0.5, 0.6) is 0 Å². The molecule has 0 fully saturated rings. The van der Waals surface area contributed by atoms with Crippen LogP contribution in [0.2, 0.25) is 0 Å². The SMILES string of the molecule is CC.CC.CCCCCCCCC(CCCCCC)CNCC(CCCCCC)CCCCCCC. The van der Waals surface area contributed by atoms with E-state index in [9.17, 15) is 0 Å². The number of hydrogen-bond donors (Lipinski definition) is 1. The lowest BCUT2D eigenvalue weighted by Gasteiger charge is -2.22. The summed E-state index contributed by atoms with van der Waals surface area (Å²) in [5, 5.41) is 3.98. The molecule has 0 spiro atoms. The predicted octanol–water partition coefficient (Wildman–Crippen LogP) is 12.9. The molecule has 0 heterocycles. The van der Waals surface area contributed by atoms with Gasteiger partial charge in [0.25, 0.3) is 0 Å². The first-order valence-corrected chi connectivity index (χ1v) is 17.5. The maximum atomic E-state index is 3.98. The van der Waals surface area contributed by atoms with E-state index in [1.54, 1.807) is 0 Å². The van der Waals surface area contributed by atoms with Crippen molar-refractivity contribution < 1.29 is 0 Å². The van der Waals surface area contributed by atoms with Crippen molar-refractivity contribution in [2.75, 3.05) is 13.1 Å². The Hall–Kier alpha value is -0.0400. The van der Waals surface area contributed by atoms with Crippen molar-refractivity contribution in [2.24, 2.45) is 11.8 Å². The second-order valence-corrected chi connectivity index (χ2v) is 10.8. The van der Waals surface area contributed by atoms with Gasteiger partial charge in [-0.05, 0) is 50.6 Å². The maximum absolute atomic E-state index is 3.98. The molecule has 0 aliphatic heterocycles. The van der Waals surface area contributed by atoms with Gasteiger partial charge < -0.3 is 5.32 Å². The molecule has 0 aliphatic rings. The van der Waals surface area contributed by atoms with Crippen LogP contribution in [-0.4, -0.2) is 13.1 Å². The largest absolute Gasteiger partial charge is 0.316 e. The molecule has 1 N–H and O–H groups in total. The molecule has 2 atom stereocenters. The molecule has 36 heavy (non-hydrogen) atoms. The first-order chi connectivity index (χ1) is 17.8. The molecule has 0 rings (SSSR count). The summed E-state index contributed by atoms with van der Waals surface area (Å²) < 4.78 is 0. The second-order valence-electron chi connectivity index (χ2n) is 10.8. The molecule has 0 saturated carbocycles. The van der Waals surface area contributed by atoms with Crippen molar-refractivity contribution >= 4 is 0 Å². The van der Waals surface area contributed by atoms with Crippen molar-refractivity contribution in [3.8, 4) is 0 Å². The average Bonchev–Trinajstić information content (AvgIpc) is 2.92. The summed E-state index contributed by atoms with van der Waals surface area (Å²) in [4.78, 5) is 0. The molecular weight excluding hydrogens is 434 g/mol. The Balaban J connectivity index is -0.00000258. The lowest BCUT2D eigenvalue weighted by atomic mass is 9.92. The van der Waals surface area contributed by atoms with E-state index < -0.39 is 0 Å². The molecule has 0 bridgehead atoms. The summed E-state index contributed by atoms with van der Waals surface area (Å²) in [6.07, 6.45) is 33.0. The summed E-state index contributed by atoms with van der Waals surface area (Å²) in [6.45, 7) is 19.9. The Morgan fingerprint density at radius 3 is 0.833 bits per heavy atom. The van der Waals surface area contributed by atoms with Crippen molar-refractivity contribution in [2.45, 2.75) is 203 Å². The van der Waals surface area contributed by atoms with Crippen LogP contribution in [0.15, 0.2) is 0 Å². The van der Waals surface area contributed by atoms with E-state index in [2.05, 4.69) is 33.0 Å². The Labute approximate surface area is 233 Å². The minimum Gasteiger partial charge on any atom is -0.316 e. The van der Waals surface area contributed by atoms with Crippen molar-refractivity contribution in [3.63, 3.8) is 0 Å². The van der Waals surface area contributed by atoms with Gasteiger partial charge >= 0.3 is 0 Å². The van der Waals surface area contributed by atoms with Crippen LogP contribution >= 0.6 is 0 Å². The fourth-order valence-electron chi connectivity index (χ4n) is 5.16. The summed E-state index contributed by atoms with van der Waals surface area (Å²) in [6, 6.07) is 0. The van der Waals surface area contributed by atoms with Crippen LogP contribution < -0.4 is 5.32 Å². The van der Waals surface area contributed by atoms with Gasteiger partial charge in [0, 0.05) is 0 Å². The highest BCUT2D eigenvalue weighted by Gasteiger charge is 2.12. The van der Waals surface area contributed by atoms with E-state index in [4.69, 9.17) is 0 Å². The highest BCUT2D eigenvalue weighted by Crippen LogP contribution is 2.21. The van der Waals surface area contributed by atoms with E-state index in [-0.39, 0.29) is 0 Å². The standard InChI is InChI=1S/C31H65N.2C2H6/c1-5-9-13-17-19-23-27-31(25-21-16-12-8-4)29-32-28-30(24-20-15-11-7-3)26-22-18-14-10-6-2;2*1-2/h30-32H,5-29H2,1-4H3;2*1-2H3. The van der Waals surface area contributed by atoms with Crippen molar-refractivity contribution in [3.05, 3.63) is 0 Å². The minimum absolute atomic E-state index is 0.920. The van der Waals surface area contributed by atoms with Gasteiger partial charge in [-0.2, -0.15) is 0 Å². The summed E-state index contributed by atoms with van der Waals surface area (Å²) in [5.74, 6) is 1.84. The van der Waals surface area contributed by atoms with Gasteiger partial charge in [0.2, 0.25) is 0 Å². The summed E-state index contributed by atoms with van der Waals surface area (Å²) in [5.41, 5.74) is 0.